The Balaban J connectivity index is 3.64. The van der Waals surface area contributed by atoms with E-state index in [2.05, 4.69) is 5.32 Å². The smallest absolute Gasteiger partial charge is 0.239 e. The van der Waals surface area contributed by atoms with Gasteiger partial charge in [-0.05, 0) is 13.8 Å². The van der Waals surface area contributed by atoms with Gasteiger partial charge in [0.1, 0.15) is 6.67 Å². The molecule has 0 fully saturated rings. The summed E-state index contributed by atoms with van der Waals surface area (Å²) in [5, 5.41) is 2.33. The number of rotatable bonds is 3. The highest BCUT2D eigenvalue weighted by atomic mass is 19.1. The molecule has 10 heavy (non-hydrogen) atoms. The zero-order chi connectivity index (χ0) is 8.20. The van der Waals surface area contributed by atoms with Crippen LogP contribution in [0.4, 0.5) is 4.39 Å². The fourth-order valence-electron chi connectivity index (χ4n) is 0.389. The maximum atomic E-state index is 11.5. The number of alkyl halides is 1. The van der Waals surface area contributed by atoms with Gasteiger partial charge >= 0.3 is 0 Å². The third-order valence-electron chi connectivity index (χ3n) is 0.965. The van der Waals surface area contributed by atoms with Crippen molar-refractivity contribution in [3.8, 4) is 0 Å². The molecule has 0 aromatic carbocycles. The molecular weight excluding hydrogens is 135 g/mol. The molecule has 60 valence electrons. The molecule has 0 aromatic heterocycles. The van der Waals surface area contributed by atoms with Crippen molar-refractivity contribution in [3.05, 3.63) is 0 Å². The minimum absolute atomic E-state index is 0.0411. The lowest BCUT2D eigenvalue weighted by atomic mass is 10.1. The molecule has 1 amide bonds. The standard InChI is InChI=1S/C6H13FN2O/c1-6(2,8)5(10)9-4-3-7/h3-4,8H2,1-2H3,(H,9,10). The molecule has 0 heterocycles. The van der Waals surface area contributed by atoms with E-state index in [1.165, 1.54) is 0 Å². The summed E-state index contributed by atoms with van der Waals surface area (Å²) in [6.45, 7) is 2.63. The molecule has 3 N–H and O–H groups in total. The lowest BCUT2D eigenvalue weighted by molar-refractivity contribution is -0.125. The Morgan fingerprint density at radius 1 is 1.70 bits per heavy atom. The van der Waals surface area contributed by atoms with Crippen LogP contribution < -0.4 is 11.1 Å². The van der Waals surface area contributed by atoms with Gasteiger partial charge in [-0.25, -0.2) is 4.39 Å². The molecule has 4 heteroatoms. The van der Waals surface area contributed by atoms with Gasteiger partial charge in [-0.1, -0.05) is 0 Å². The van der Waals surface area contributed by atoms with E-state index >= 15 is 0 Å². The molecule has 0 unspecified atom stereocenters. The molecule has 0 spiro atoms. The van der Waals surface area contributed by atoms with Gasteiger partial charge in [0.15, 0.2) is 0 Å². The first-order valence-corrected chi connectivity index (χ1v) is 3.11. The van der Waals surface area contributed by atoms with Gasteiger partial charge in [-0.15, -0.1) is 0 Å². The summed E-state index contributed by atoms with van der Waals surface area (Å²) >= 11 is 0. The lowest BCUT2D eigenvalue weighted by Gasteiger charge is -2.16. The summed E-state index contributed by atoms with van der Waals surface area (Å²) in [6.07, 6.45) is 0. The average Bonchev–Trinajstić information content (AvgIpc) is 1.80. The SMILES string of the molecule is CC(C)(N)C(=O)NCCF. The Labute approximate surface area is 59.8 Å². The Morgan fingerprint density at radius 2 is 2.20 bits per heavy atom. The lowest BCUT2D eigenvalue weighted by Crippen LogP contribution is -2.49. The van der Waals surface area contributed by atoms with E-state index in [1.54, 1.807) is 13.8 Å². The van der Waals surface area contributed by atoms with Gasteiger partial charge in [0, 0.05) is 6.54 Å². The third-order valence-corrected chi connectivity index (χ3v) is 0.965. The first-order chi connectivity index (χ1) is 4.48. The van der Waals surface area contributed by atoms with Crippen LogP contribution in [-0.4, -0.2) is 24.7 Å². The molecule has 0 atom stereocenters. The number of nitrogens with two attached hydrogens (primary N) is 1. The van der Waals surface area contributed by atoms with E-state index in [-0.39, 0.29) is 12.5 Å². The van der Waals surface area contributed by atoms with Gasteiger partial charge in [0.25, 0.3) is 0 Å². The zero-order valence-electron chi connectivity index (χ0n) is 6.28. The molecule has 3 nitrogen and oxygen atoms in total. The normalized spacial score (nSPS) is 11.2. The highest BCUT2D eigenvalue weighted by Gasteiger charge is 2.20. The number of halogens is 1. The van der Waals surface area contributed by atoms with E-state index in [0.717, 1.165) is 0 Å². The summed E-state index contributed by atoms with van der Waals surface area (Å²) < 4.78 is 11.5. The second kappa shape index (κ2) is 3.51. The number of carbonyl (C=O) groups excluding carboxylic acids is 1. The van der Waals surface area contributed by atoms with Crippen molar-refractivity contribution in [2.75, 3.05) is 13.2 Å². The molecule has 0 saturated carbocycles. The number of amides is 1. The Hall–Kier alpha value is -0.640. The van der Waals surface area contributed by atoms with Gasteiger partial charge in [-0.3, -0.25) is 4.79 Å². The van der Waals surface area contributed by atoms with Crippen molar-refractivity contribution >= 4 is 5.91 Å². The maximum Gasteiger partial charge on any atom is 0.239 e. The van der Waals surface area contributed by atoms with Crippen molar-refractivity contribution in [2.45, 2.75) is 19.4 Å². The molecule has 0 rings (SSSR count). The predicted molar refractivity (Wildman–Crippen MR) is 37.3 cm³/mol. The van der Waals surface area contributed by atoms with Gasteiger partial charge in [-0.2, -0.15) is 0 Å². The molecule has 0 radical (unpaired) electrons. The number of carbonyl (C=O) groups is 1. The second-order valence-electron chi connectivity index (χ2n) is 2.67. The van der Waals surface area contributed by atoms with Gasteiger partial charge < -0.3 is 11.1 Å². The first kappa shape index (κ1) is 9.36. The van der Waals surface area contributed by atoms with E-state index < -0.39 is 12.2 Å². The average molecular weight is 148 g/mol. The second-order valence-corrected chi connectivity index (χ2v) is 2.67. The minimum Gasteiger partial charge on any atom is -0.352 e. The van der Waals surface area contributed by atoms with E-state index in [0.29, 0.717) is 0 Å². The highest BCUT2D eigenvalue weighted by molar-refractivity contribution is 5.84. The molecular formula is C6H13FN2O. The number of hydrogen-bond donors (Lipinski definition) is 2. The maximum absolute atomic E-state index is 11.5. The van der Waals surface area contributed by atoms with Gasteiger partial charge in [0.05, 0.1) is 5.54 Å². The molecule has 0 saturated heterocycles. The van der Waals surface area contributed by atoms with E-state index in [1.807, 2.05) is 0 Å². The van der Waals surface area contributed by atoms with E-state index in [4.69, 9.17) is 5.73 Å². The van der Waals surface area contributed by atoms with Crippen LogP contribution in [0.1, 0.15) is 13.8 Å². The van der Waals surface area contributed by atoms with Crippen LogP contribution in [0.25, 0.3) is 0 Å². The summed E-state index contributed by atoms with van der Waals surface area (Å²) in [4.78, 5) is 10.8. The van der Waals surface area contributed by atoms with Crippen LogP contribution >= 0.6 is 0 Å². The van der Waals surface area contributed by atoms with Crippen LogP contribution in [0.3, 0.4) is 0 Å². The summed E-state index contributed by atoms with van der Waals surface area (Å²) in [6, 6.07) is 0. The fraction of sp³-hybridized carbons (Fsp3) is 0.833. The molecule has 0 aliphatic carbocycles. The topological polar surface area (TPSA) is 55.1 Å². The van der Waals surface area contributed by atoms with E-state index in [9.17, 15) is 9.18 Å². The Bertz CT molecular complexity index is 119. The predicted octanol–water partition coefficient (Wildman–Crippen LogP) is -0.191. The quantitative estimate of drug-likeness (QED) is 0.582. The zero-order valence-corrected chi connectivity index (χ0v) is 6.28. The summed E-state index contributed by atoms with van der Waals surface area (Å²) in [5.41, 5.74) is 4.48. The monoisotopic (exact) mass is 148 g/mol. The first-order valence-electron chi connectivity index (χ1n) is 3.11. The highest BCUT2D eigenvalue weighted by Crippen LogP contribution is 1.94. The van der Waals surface area contributed by atoms with Crippen LogP contribution in [0, 0.1) is 0 Å². The van der Waals surface area contributed by atoms with Crippen molar-refractivity contribution in [2.24, 2.45) is 5.73 Å². The Kier molecular flexibility index (Phi) is 3.28. The number of nitrogens with one attached hydrogen (secondary N) is 1. The summed E-state index contributed by atoms with van der Waals surface area (Å²) in [7, 11) is 0. The number of hydrogen-bond acceptors (Lipinski definition) is 2. The van der Waals surface area contributed by atoms with Crippen molar-refractivity contribution in [1.29, 1.82) is 0 Å². The van der Waals surface area contributed by atoms with Crippen LogP contribution in [0.2, 0.25) is 0 Å². The van der Waals surface area contributed by atoms with Crippen LogP contribution in [0.5, 0.6) is 0 Å². The van der Waals surface area contributed by atoms with Crippen LogP contribution in [0.15, 0.2) is 0 Å². The largest absolute Gasteiger partial charge is 0.352 e. The molecule has 0 aliphatic rings. The third kappa shape index (κ3) is 3.40. The molecule has 0 aromatic rings. The fourth-order valence-corrected chi connectivity index (χ4v) is 0.389. The Morgan fingerprint density at radius 3 is 2.50 bits per heavy atom. The summed E-state index contributed by atoms with van der Waals surface area (Å²) in [5.74, 6) is -0.329. The minimum atomic E-state index is -0.908. The van der Waals surface area contributed by atoms with Gasteiger partial charge in [0.2, 0.25) is 5.91 Å². The van der Waals surface area contributed by atoms with Crippen LogP contribution in [-0.2, 0) is 4.79 Å². The van der Waals surface area contributed by atoms with Crippen molar-refractivity contribution < 1.29 is 9.18 Å². The molecule has 0 bridgehead atoms. The molecule has 0 aliphatic heterocycles. The van der Waals surface area contributed by atoms with Crippen molar-refractivity contribution in [3.63, 3.8) is 0 Å². The van der Waals surface area contributed by atoms with Crippen molar-refractivity contribution in [1.82, 2.24) is 5.32 Å².